The quantitative estimate of drug-likeness (QED) is 0.321. The number of alkyl halides is 1. The average Bonchev–Trinajstić information content (AvgIpc) is 1.90. The predicted molar refractivity (Wildman–Crippen MR) is 48.6 cm³/mol. The van der Waals surface area contributed by atoms with E-state index in [4.69, 9.17) is 0 Å². The van der Waals surface area contributed by atoms with E-state index in [-0.39, 0.29) is 0 Å². The van der Waals surface area contributed by atoms with E-state index in [9.17, 15) is 0 Å². The zero-order valence-electron chi connectivity index (χ0n) is 5.36. The Labute approximate surface area is 69.4 Å². The van der Waals surface area contributed by atoms with Gasteiger partial charge in [0.1, 0.15) is 0 Å². The number of hydrogen-bond donors (Lipinski definition) is 0. The van der Waals surface area contributed by atoms with Crippen LogP contribution in [0, 0.1) is 6.92 Å². The minimum Gasteiger partial charge on any atom is -0.199 e. The maximum Gasteiger partial charge on any atom is 0.0226 e. The average molecular weight is 493 g/mol. The van der Waals surface area contributed by atoms with Crippen LogP contribution in [0.4, 0.5) is 0 Å². The van der Waals surface area contributed by atoms with E-state index < -0.39 is 0 Å². The minimum atomic E-state index is 0. The second-order valence-electron chi connectivity index (χ2n) is 1.95. The van der Waals surface area contributed by atoms with Crippen LogP contribution in [0.5, 0.6) is 0 Å². The SMILES string of the molecule is [CH2-]c1ccc(CI)cc1.[Lr]. The number of benzene rings is 1. The first-order valence-corrected chi connectivity index (χ1v) is 4.32. The Hall–Kier alpha value is -1.18. The molecule has 0 atom stereocenters. The molecule has 10 heavy (non-hydrogen) atoms. The van der Waals surface area contributed by atoms with E-state index in [1.54, 1.807) is 0 Å². The molecule has 0 aliphatic heterocycles. The van der Waals surface area contributed by atoms with Crippen LogP contribution in [0.15, 0.2) is 24.3 Å². The molecule has 0 N–H and O–H groups in total. The third-order valence-corrected chi connectivity index (χ3v) is 2.06. The summed E-state index contributed by atoms with van der Waals surface area (Å²) in [5.41, 5.74) is 2.45. The van der Waals surface area contributed by atoms with Crippen LogP contribution in [0.3, 0.4) is 0 Å². The van der Waals surface area contributed by atoms with E-state index in [0.717, 1.165) is 9.99 Å². The fourth-order valence-corrected chi connectivity index (χ4v) is 1.14. The minimum absolute atomic E-state index is 0. The number of hydrogen-bond acceptors (Lipinski definition) is 0. The molecule has 0 nitrogen and oxygen atoms in total. The third kappa shape index (κ3) is 1.97. The summed E-state index contributed by atoms with van der Waals surface area (Å²) in [5.74, 6) is 0. The van der Waals surface area contributed by atoms with Gasteiger partial charge in [0.2, 0.25) is 0 Å². The second-order valence-corrected chi connectivity index (χ2v) is 2.71. The van der Waals surface area contributed by atoms with Gasteiger partial charge in [0.05, 0.1) is 0 Å². The van der Waals surface area contributed by atoms with Crippen LogP contribution in [0.1, 0.15) is 11.1 Å². The summed E-state index contributed by atoms with van der Waals surface area (Å²) in [6.45, 7) is 3.79. The normalized spacial score (nSPS) is 8.50. The number of rotatable bonds is 1. The zero-order chi connectivity index (χ0) is 6.69. The van der Waals surface area contributed by atoms with Crippen molar-refractivity contribution in [2.24, 2.45) is 0 Å². The van der Waals surface area contributed by atoms with E-state index in [1.807, 2.05) is 12.1 Å². The molecule has 0 aliphatic carbocycles. The summed E-state index contributed by atoms with van der Waals surface area (Å²) in [7, 11) is 0. The summed E-state index contributed by atoms with van der Waals surface area (Å²) in [6.07, 6.45) is 0. The van der Waals surface area contributed by atoms with Crippen LogP contribution < -0.4 is 0 Å². The Kier molecular flexibility index (Phi) is 3.33. The van der Waals surface area contributed by atoms with Crippen molar-refractivity contribution in [2.45, 2.75) is 4.43 Å². The summed E-state index contributed by atoms with van der Waals surface area (Å²) in [5, 5.41) is 0. The van der Waals surface area contributed by atoms with E-state index in [1.165, 1.54) is 5.56 Å². The van der Waals surface area contributed by atoms with Crippen molar-refractivity contribution in [1.29, 1.82) is 0 Å². The maximum atomic E-state index is 3.79. The van der Waals surface area contributed by atoms with Crippen LogP contribution in [-0.4, -0.2) is 0 Å². The Morgan fingerprint density at radius 3 is 2.10 bits per heavy atom. The Morgan fingerprint density at radius 2 is 1.70 bits per heavy atom. The van der Waals surface area contributed by atoms with Crippen molar-refractivity contribution >= 4 is 22.6 Å². The van der Waals surface area contributed by atoms with Crippen molar-refractivity contribution in [1.82, 2.24) is 0 Å². The van der Waals surface area contributed by atoms with Crippen LogP contribution in [-0.2, 0) is 4.43 Å². The monoisotopic (exact) mass is 493 g/mol. The van der Waals surface area contributed by atoms with Crippen molar-refractivity contribution in [2.75, 3.05) is 0 Å². The number of halogens is 1. The Balaban J connectivity index is 0.000000810. The van der Waals surface area contributed by atoms with Gasteiger partial charge in [-0.25, -0.2) is 0 Å². The van der Waals surface area contributed by atoms with Crippen LogP contribution >= 0.6 is 22.6 Å². The van der Waals surface area contributed by atoms with Gasteiger partial charge in [-0.15, -0.1) is 12.1 Å². The van der Waals surface area contributed by atoms with Gasteiger partial charge >= 0.3 is 0 Å². The molecule has 0 saturated carbocycles. The van der Waals surface area contributed by atoms with Gasteiger partial charge in [0.15, 0.2) is 0 Å². The van der Waals surface area contributed by atoms with Crippen LogP contribution in [0.2, 0.25) is 0 Å². The summed E-state index contributed by atoms with van der Waals surface area (Å²) >= 11 is 2.34. The predicted octanol–water partition coefficient (Wildman–Crippen LogP) is 2.80. The molecule has 2 heteroatoms. The van der Waals surface area contributed by atoms with Gasteiger partial charge in [-0.2, -0.15) is 24.6 Å². The Bertz CT molecular complexity index is 181. The molecule has 0 spiro atoms. The van der Waals surface area contributed by atoms with Crippen molar-refractivity contribution in [3.05, 3.63) is 42.3 Å². The summed E-state index contributed by atoms with van der Waals surface area (Å²) in [4.78, 5) is 0. The van der Waals surface area contributed by atoms with E-state index >= 15 is 0 Å². The van der Waals surface area contributed by atoms with Gasteiger partial charge in [-0.1, -0.05) is 28.2 Å². The Morgan fingerprint density at radius 1 is 1.20 bits per heavy atom. The molecular formula is C8H8ILr-. The van der Waals surface area contributed by atoms with Gasteiger partial charge < -0.3 is 0 Å². The second kappa shape index (κ2) is 3.77. The third-order valence-electron chi connectivity index (χ3n) is 1.18. The van der Waals surface area contributed by atoms with Gasteiger partial charge in [-0.05, 0) is 0 Å². The molecule has 0 unspecified atom stereocenters. The molecule has 0 aromatic heterocycles. The molecule has 0 saturated heterocycles. The molecular weight excluding hydrogens is 485 g/mol. The zero-order valence-corrected chi connectivity index (χ0v) is 9.67. The molecule has 1 rings (SSSR count). The molecule has 0 fully saturated rings. The molecule has 63 valence electrons. The summed E-state index contributed by atoms with van der Waals surface area (Å²) in [6, 6.07) is 8.28. The molecule has 1 radical (unpaired) electrons. The first-order chi connectivity index (χ1) is 4.33. The topological polar surface area (TPSA) is 0 Å². The molecule has 1 aromatic carbocycles. The van der Waals surface area contributed by atoms with Gasteiger partial charge in [0.25, 0.3) is 0 Å². The maximum absolute atomic E-state index is 3.79. The van der Waals surface area contributed by atoms with Crippen molar-refractivity contribution in [3.63, 3.8) is 0 Å². The molecule has 0 amide bonds. The molecule has 0 heterocycles. The van der Waals surface area contributed by atoms with Gasteiger partial charge in [-0.3, -0.25) is 0 Å². The smallest absolute Gasteiger partial charge is 0.0226 e. The van der Waals surface area contributed by atoms with E-state index in [0.29, 0.717) is 0 Å². The standard InChI is InChI=1S/C8H8I.Lr/c1-7-2-4-8(6-9)5-3-7;/h2-5H,1,6H2;/q-1;. The van der Waals surface area contributed by atoms with Crippen LogP contribution in [0.25, 0.3) is 0 Å². The first kappa shape index (κ1) is 8.82. The summed E-state index contributed by atoms with van der Waals surface area (Å²) < 4.78 is 1.08. The fraction of sp³-hybridized carbons (Fsp3) is 0.125. The van der Waals surface area contributed by atoms with Gasteiger partial charge in [0, 0.05) is 4.43 Å². The fourth-order valence-electron chi connectivity index (χ4n) is 0.628. The molecule has 1 aromatic rings. The molecule has 0 bridgehead atoms. The van der Waals surface area contributed by atoms with Crippen molar-refractivity contribution < 1.29 is 0 Å². The van der Waals surface area contributed by atoms with Crippen molar-refractivity contribution in [3.8, 4) is 0 Å². The molecule has 0 aliphatic rings. The first-order valence-electron chi connectivity index (χ1n) is 2.80. The largest absolute Gasteiger partial charge is 0.199 e. The van der Waals surface area contributed by atoms with E-state index in [2.05, 4.69) is 41.6 Å².